The first-order chi connectivity index (χ1) is 8.42. The number of hydrogen-bond acceptors (Lipinski definition) is 3. The van der Waals surface area contributed by atoms with Crippen molar-refractivity contribution >= 4 is 10.8 Å². The van der Waals surface area contributed by atoms with Crippen LogP contribution in [0.2, 0.25) is 0 Å². The van der Waals surface area contributed by atoms with E-state index in [4.69, 9.17) is 9.15 Å². The summed E-state index contributed by atoms with van der Waals surface area (Å²) in [5, 5.41) is 2.05. The molecule has 3 aromatic rings. The molecule has 1 aromatic carbocycles. The molecule has 3 rings (SSSR count). The Morgan fingerprint density at radius 2 is 2.12 bits per heavy atom. The SMILES string of the molecule is [c]1nc(OCc2ccco2)cc2ccccc12. The van der Waals surface area contributed by atoms with E-state index in [1.54, 1.807) is 6.26 Å². The molecule has 0 atom stereocenters. The second kappa shape index (κ2) is 4.29. The Labute approximate surface area is 98.7 Å². The average molecular weight is 224 g/mol. The second-order valence-corrected chi connectivity index (χ2v) is 3.66. The molecule has 1 radical (unpaired) electrons. The monoisotopic (exact) mass is 224 g/mol. The van der Waals surface area contributed by atoms with Crippen LogP contribution in [0, 0.1) is 6.20 Å². The first-order valence-electron chi connectivity index (χ1n) is 5.34. The molecule has 0 bridgehead atoms. The topological polar surface area (TPSA) is 35.3 Å². The molecule has 0 N–H and O–H groups in total. The van der Waals surface area contributed by atoms with Crippen LogP contribution in [0.1, 0.15) is 5.76 Å². The number of furan rings is 1. The van der Waals surface area contributed by atoms with Gasteiger partial charge in [0.15, 0.2) is 0 Å². The van der Waals surface area contributed by atoms with Gasteiger partial charge in [-0.1, -0.05) is 24.3 Å². The highest BCUT2D eigenvalue weighted by Gasteiger charge is 2.01. The van der Waals surface area contributed by atoms with Gasteiger partial charge < -0.3 is 9.15 Å². The summed E-state index contributed by atoms with van der Waals surface area (Å²) in [6.07, 6.45) is 4.57. The molecule has 0 spiro atoms. The van der Waals surface area contributed by atoms with Crippen LogP contribution in [-0.2, 0) is 6.61 Å². The molecule has 2 heterocycles. The van der Waals surface area contributed by atoms with E-state index in [0.29, 0.717) is 12.5 Å². The van der Waals surface area contributed by atoms with Crippen LogP contribution in [0.15, 0.2) is 53.1 Å². The highest BCUT2D eigenvalue weighted by molar-refractivity contribution is 5.81. The van der Waals surface area contributed by atoms with E-state index in [9.17, 15) is 0 Å². The van der Waals surface area contributed by atoms with Crippen LogP contribution >= 0.6 is 0 Å². The summed E-state index contributed by atoms with van der Waals surface area (Å²) in [6, 6.07) is 13.5. The summed E-state index contributed by atoms with van der Waals surface area (Å²) in [5.41, 5.74) is 0. The first-order valence-corrected chi connectivity index (χ1v) is 5.34. The molecule has 3 heteroatoms. The third-order valence-corrected chi connectivity index (χ3v) is 2.47. The van der Waals surface area contributed by atoms with Gasteiger partial charge in [0.1, 0.15) is 18.6 Å². The third kappa shape index (κ3) is 2.13. The summed E-state index contributed by atoms with van der Waals surface area (Å²) >= 11 is 0. The summed E-state index contributed by atoms with van der Waals surface area (Å²) in [4.78, 5) is 4.12. The van der Waals surface area contributed by atoms with Gasteiger partial charge in [-0.3, -0.25) is 0 Å². The zero-order chi connectivity index (χ0) is 11.5. The minimum Gasteiger partial charge on any atom is -0.469 e. The zero-order valence-electron chi connectivity index (χ0n) is 9.09. The fourth-order valence-corrected chi connectivity index (χ4v) is 1.62. The van der Waals surface area contributed by atoms with Gasteiger partial charge in [0.25, 0.3) is 0 Å². The number of ether oxygens (including phenoxy) is 1. The highest BCUT2D eigenvalue weighted by atomic mass is 16.5. The maximum absolute atomic E-state index is 5.52. The number of hydrogen-bond donors (Lipinski definition) is 0. The Balaban J connectivity index is 1.81. The molecule has 0 unspecified atom stereocenters. The second-order valence-electron chi connectivity index (χ2n) is 3.66. The van der Waals surface area contributed by atoms with Crippen LogP contribution in [0.25, 0.3) is 10.8 Å². The van der Waals surface area contributed by atoms with E-state index < -0.39 is 0 Å². The van der Waals surface area contributed by atoms with Crippen LogP contribution < -0.4 is 4.74 Å². The molecular weight excluding hydrogens is 214 g/mol. The lowest BCUT2D eigenvalue weighted by Gasteiger charge is -2.03. The molecule has 17 heavy (non-hydrogen) atoms. The normalized spacial score (nSPS) is 10.6. The molecule has 0 fully saturated rings. The summed E-state index contributed by atoms with van der Waals surface area (Å²) in [7, 11) is 0. The number of pyridine rings is 1. The Morgan fingerprint density at radius 1 is 1.18 bits per heavy atom. The molecule has 0 saturated heterocycles. The zero-order valence-corrected chi connectivity index (χ0v) is 9.09. The van der Waals surface area contributed by atoms with Crippen molar-refractivity contribution in [1.29, 1.82) is 0 Å². The molecule has 0 aliphatic rings. The standard InChI is InChI=1S/C14H10NO2/c1-2-5-12-9-15-14(8-11(12)4-1)17-10-13-6-3-7-16-13/h1-8H,10H2. The summed E-state index contributed by atoms with van der Waals surface area (Å²) in [6.45, 7) is 0.381. The molecular formula is C14H10NO2. The first kappa shape index (κ1) is 9.90. The number of rotatable bonds is 3. The smallest absolute Gasteiger partial charge is 0.214 e. The van der Waals surface area contributed by atoms with E-state index in [-0.39, 0.29) is 0 Å². The predicted molar refractivity (Wildman–Crippen MR) is 63.6 cm³/mol. The van der Waals surface area contributed by atoms with E-state index in [2.05, 4.69) is 11.2 Å². The Kier molecular flexibility index (Phi) is 2.50. The van der Waals surface area contributed by atoms with E-state index in [1.165, 1.54) is 0 Å². The van der Waals surface area contributed by atoms with E-state index in [0.717, 1.165) is 16.5 Å². The van der Waals surface area contributed by atoms with Crippen molar-refractivity contribution < 1.29 is 9.15 Å². The Morgan fingerprint density at radius 3 is 3.00 bits per heavy atom. The van der Waals surface area contributed by atoms with E-state index >= 15 is 0 Å². The number of aromatic nitrogens is 1. The van der Waals surface area contributed by atoms with Crippen molar-refractivity contribution in [2.75, 3.05) is 0 Å². The van der Waals surface area contributed by atoms with Crippen LogP contribution in [-0.4, -0.2) is 4.98 Å². The molecule has 0 aliphatic heterocycles. The van der Waals surface area contributed by atoms with Crippen molar-refractivity contribution in [3.8, 4) is 5.88 Å². The van der Waals surface area contributed by atoms with Gasteiger partial charge >= 0.3 is 0 Å². The van der Waals surface area contributed by atoms with Crippen LogP contribution in [0.4, 0.5) is 0 Å². The van der Waals surface area contributed by atoms with Gasteiger partial charge in [0.05, 0.1) is 6.26 Å². The summed E-state index contributed by atoms with van der Waals surface area (Å²) in [5.74, 6) is 1.33. The van der Waals surface area contributed by atoms with Crippen molar-refractivity contribution in [2.45, 2.75) is 6.61 Å². The van der Waals surface area contributed by atoms with Gasteiger partial charge in [-0.25, -0.2) is 4.98 Å². The molecule has 0 saturated carbocycles. The van der Waals surface area contributed by atoms with Crippen LogP contribution in [0.5, 0.6) is 5.88 Å². The predicted octanol–water partition coefficient (Wildman–Crippen LogP) is 3.21. The molecule has 2 aromatic heterocycles. The van der Waals surface area contributed by atoms with Crippen molar-refractivity contribution in [3.05, 3.63) is 60.7 Å². The lowest BCUT2D eigenvalue weighted by atomic mass is 10.2. The number of nitrogens with zero attached hydrogens (tertiary/aromatic N) is 1. The molecule has 83 valence electrons. The maximum atomic E-state index is 5.52. The summed E-state index contributed by atoms with van der Waals surface area (Å²) < 4.78 is 10.7. The van der Waals surface area contributed by atoms with Crippen molar-refractivity contribution in [2.24, 2.45) is 0 Å². The third-order valence-electron chi connectivity index (χ3n) is 2.47. The molecule has 0 amide bonds. The van der Waals surface area contributed by atoms with Crippen LogP contribution in [0.3, 0.4) is 0 Å². The largest absolute Gasteiger partial charge is 0.469 e. The molecule has 3 nitrogen and oxygen atoms in total. The Bertz CT molecular complexity index is 617. The fourth-order valence-electron chi connectivity index (χ4n) is 1.62. The Hall–Kier alpha value is -2.29. The van der Waals surface area contributed by atoms with Gasteiger partial charge in [0, 0.05) is 11.5 Å². The van der Waals surface area contributed by atoms with E-state index in [1.807, 2.05) is 42.5 Å². The minimum atomic E-state index is 0.381. The van der Waals surface area contributed by atoms with Crippen molar-refractivity contribution in [3.63, 3.8) is 0 Å². The lowest BCUT2D eigenvalue weighted by Crippen LogP contribution is -1.95. The number of fused-ring (bicyclic) bond motifs is 1. The van der Waals surface area contributed by atoms with Crippen molar-refractivity contribution in [1.82, 2.24) is 4.98 Å². The van der Waals surface area contributed by atoms with Gasteiger partial charge in [-0.05, 0) is 17.5 Å². The number of benzene rings is 1. The maximum Gasteiger partial charge on any atom is 0.214 e. The van der Waals surface area contributed by atoms with Gasteiger partial charge in [-0.2, -0.15) is 0 Å². The average Bonchev–Trinajstić information content (AvgIpc) is 2.89. The minimum absolute atomic E-state index is 0.381. The lowest BCUT2D eigenvalue weighted by molar-refractivity contribution is 0.261. The molecule has 0 aliphatic carbocycles. The highest BCUT2D eigenvalue weighted by Crippen LogP contribution is 2.17. The fraction of sp³-hybridized carbons (Fsp3) is 0.0714. The quantitative estimate of drug-likeness (QED) is 0.685. The van der Waals surface area contributed by atoms with Gasteiger partial charge in [-0.15, -0.1) is 0 Å². The van der Waals surface area contributed by atoms with Gasteiger partial charge in [0.2, 0.25) is 5.88 Å².